The maximum Gasteiger partial charge on any atom is 0.307 e. The summed E-state index contributed by atoms with van der Waals surface area (Å²) in [7, 11) is 1.67. The van der Waals surface area contributed by atoms with E-state index < -0.39 is 0 Å². The van der Waals surface area contributed by atoms with Crippen molar-refractivity contribution in [1.82, 2.24) is 10.3 Å². The average Bonchev–Trinajstić information content (AvgIpc) is 2.86. The molecule has 1 aliphatic rings. The van der Waals surface area contributed by atoms with E-state index in [-0.39, 0.29) is 12.0 Å². The molecule has 1 atom stereocenters. The molecule has 21 heavy (non-hydrogen) atoms. The molecule has 0 amide bonds. The summed E-state index contributed by atoms with van der Waals surface area (Å²) >= 11 is 0. The number of carbonyl (C=O) groups excluding carboxylic acids is 1. The van der Waals surface area contributed by atoms with Crippen molar-refractivity contribution in [1.29, 1.82) is 0 Å². The standard InChI is InChI=1S/C16H20N2O3/c1-3-21-15(19)9-14-16-11(6-7-17-14)12-8-10(20-2)4-5-13(12)18-16/h4-5,8,14,17-18H,3,6-7,9H2,1-2H3/t14-/m0/s1. The number of carbonyl (C=O) groups is 1. The van der Waals surface area contributed by atoms with Crippen LogP contribution in [-0.4, -0.2) is 31.2 Å². The molecule has 5 heteroatoms. The molecule has 112 valence electrons. The summed E-state index contributed by atoms with van der Waals surface area (Å²) in [6.45, 7) is 3.11. The van der Waals surface area contributed by atoms with Gasteiger partial charge >= 0.3 is 5.97 Å². The van der Waals surface area contributed by atoms with E-state index in [9.17, 15) is 4.79 Å². The molecule has 1 aliphatic heterocycles. The van der Waals surface area contributed by atoms with Crippen LogP contribution in [0.15, 0.2) is 18.2 Å². The van der Waals surface area contributed by atoms with Gasteiger partial charge in [-0.05, 0) is 43.7 Å². The van der Waals surface area contributed by atoms with Crippen LogP contribution in [0.2, 0.25) is 0 Å². The van der Waals surface area contributed by atoms with Crippen LogP contribution >= 0.6 is 0 Å². The molecule has 0 aliphatic carbocycles. The van der Waals surface area contributed by atoms with Crippen LogP contribution in [0.5, 0.6) is 5.75 Å². The van der Waals surface area contributed by atoms with Gasteiger partial charge in [0.1, 0.15) is 5.75 Å². The molecule has 0 spiro atoms. The van der Waals surface area contributed by atoms with Crippen LogP contribution in [0.25, 0.3) is 10.9 Å². The molecular weight excluding hydrogens is 268 g/mol. The quantitative estimate of drug-likeness (QED) is 0.848. The van der Waals surface area contributed by atoms with Gasteiger partial charge in [0.05, 0.1) is 26.2 Å². The van der Waals surface area contributed by atoms with Crippen molar-refractivity contribution in [3.05, 3.63) is 29.5 Å². The monoisotopic (exact) mass is 288 g/mol. The molecular formula is C16H20N2O3. The van der Waals surface area contributed by atoms with Crippen molar-refractivity contribution in [2.75, 3.05) is 20.3 Å². The van der Waals surface area contributed by atoms with E-state index in [2.05, 4.69) is 16.4 Å². The number of aromatic nitrogens is 1. The Bertz CT molecular complexity index is 663. The van der Waals surface area contributed by atoms with Gasteiger partial charge in [-0.1, -0.05) is 0 Å². The molecule has 5 nitrogen and oxygen atoms in total. The van der Waals surface area contributed by atoms with Gasteiger partial charge in [0.2, 0.25) is 0 Å². The Morgan fingerprint density at radius 2 is 2.29 bits per heavy atom. The van der Waals surface area contributed by atoms with Gasteiger partial charge in [-0.2, -0.15) is 0 Å². The van der Waals surface area contributed by atoms with Crippen LogP contribution in [0.4, 0.5) is 0 Å². The molecule has 0 bridgehead atoms. The fourth-order valence-electron chi connectivity index (χ4n) is 2.98. The minimum atomic E-state index is -0.168. The molecule has 0 saturated heterocycles. The van der Waals surface area contributed by atoms with E-state index in [1.165, 1.54) is 10.9 Å². The Hall–Kier alpha value is -2.01. The van der Waals surface area contributed by atoms with Gasteiger partial charge in [-0.15, -0.1) is 0 Å². The Kier molecular flexibility index (Phi) is 3.84. The topological polar surface area (TPSA) is 63.3 Å². The number of ether oxygens (including phenoxy) is 2. The SMILES string of the molecule is CCOC(=O)C[C@@H]1NCCc2c1[nH]c1ccc(OC)cc21. The van der Waals surface area contributed by atoms with Crippen molar-refractivity contribution < 1.29 is 14.3 Å². The zero-order valence-electron chi connectivity index (χ0n) is 12.4. The summed E-state index contributed by atoms with van der Waals surface area (Å²) in [4.78, 5) is 15.2. The Balaban J connectivity index is 1.96. The molecule has 0 unspecified atom stereocenters. The molecule has 2 heterocycles. The summed E-state index contributed by atoms with van der Waals surface area (Å²) in [6, 6.07) is 6.01. The lowest BCUT2D eigenvalue weighted by atomic mass is 9.97. The Morgan fingerprint density at radius 3 is 3.05 bits per heavy atom. The number of esters is 1. The highest BCUT2D eigenvalue weighted by Gasteiger charge is 2.26. The predicted octanol–water partition coefficient (Wildman–Crippen LogP) is 2.32. The van der Waals surface area contributed by atoms with Gasteiger partial charge in [0.15, 0.2) is 0 Å². The first-order valence-electron chi connectivity index (χ1n) is 7.30. The highest BCUT2D eigenvalue weighted by Crippen LogP contribution is 2.33. The summed E-state index contributed by atoms with van der Waals surface area (Å²) in [6.07, 6.45) is 1.30. The van der Waals surface area contributed by atoms with Crippen molar-refractivity contribution >= 4 is 16.9 Å². The number of methoxy groups -OCH3 is 1. The van der Waals surface area contributed by atoms with E-state index in [0.717, 1.165) is 29.9 Å². The number of benzene rings is 1. The molecule has 1 aromatic carbocycles. The fraction of sp³-hybridized carbons (Fsp3) is 0.438. The third-order valence-electron chi connectivity index (χ3n) is 3.94. The average molecular weight is 288 g/mol. The number of nitrogens with one attached hydrogen (secondary N) is 2. The Morgan fingerprint density at radius 1 is 1.43 bits per heavy atom. The van der Waals surface area contributed by atoms with E-state index in [4.69, 9.17) is 9.47 Å². The van der Waals surface area contributed by atoms with E-state index >= 15 is 0 Å². The highest BCUT2D eigenvalue weighted by atomic mass is 16.5. The number of hydrogen-bond acceptors (Lipinski definition) is 4. The molecule has 0 fully saturated rings. The van der Waals surface area contributed by atoms with Gasteiger partial charge in [-0.25, -0.2) is 0 Å². The molecule has 2 N–H and O–H groups in total. The molecule has 3 rings (SSSR count). The third-order valence-corrected chi connectivity index (χ3v) is 3.94. The molecule has 2 aromatic rings. The number of aromatic amines is 1. The first-order chi connectivity index (χ1) is 10.2. The van der Waals surface area contributed by atoms with Crippen molar-refractivity contribution in [3.8, 4) is 5.75 Å². The smallest absolute Gasteiger partial charge is 0.307 e. The van der Waals surface area contributed by atoms with Crippen molar-refractivity contribution in [2.45, 2.75) is 25.8 Å². The lowest BCUT2D eigenvalue weighted by Crippen LogP contribution is -2.31. The Labute approximate surface area is 123 Å². The van der Waals surface area contributed by atoms with Crippen LogP contribution < -0.4 is 10.1 Å². The summed E-state index contributed by atoms with van der Waals surface area (Å²) in [5.74, 6) is 0.684. The normalized spacial score (nSPS) is 17.5. The van der Waals surface area contributed by atoms with Gasteiger partial charge in [0, 0.05) is 16.6 Å². The third kappa shape index (κ3) is 2.61. The van der Waals surface area contributed by atoms with E-state index in [0.29, 0.717) is 13.0 Å². The minimum Gasteiger partial charge on any atom is -0.497 e. The molecule has 0 radical (unpaired) electrons. The number of hydrogen-bond donors (Lipinski definition) is 2. The van der Waals surface area contributed by atoms with E-state index in [1.807, 2.05) is 19.1 Å². The predicted molar refractivity (Wildman–Crippen MR) is 80.5 cm³/mol. The van der Waals surface area contributed by atoms with Crippen molar-refractivity contribution in [2.24, 2.45) is 0 Å². The van der Waals surface area contributed by atoms with Crippen LogP contribution in [0, 0.1) is 0 Å². The zero-order valence-corrected chi connectivity index (χ0v) is 12.4. The number of rotatable bonds is 4. The van der Waals surface area contributed by atoms with Crippen LogP contribution in [0.3, 0.4) is 0 Å². The minimum absolute atomic E-state index is 0.00815. The second kappa shape index (κ2) is 5.77. The first-order valence-corrected chi connectivity index (χ1v) is 7.30. The summed E-state index contributed by atoms with van der Waals surface area (Å²) in [5, 5.41) is 4.57. The van der Waals surface area contributed by atoms with Crippen LogP contribution in [0.1, 0.15) is 30.6 Å². The number of H-pyrrole nitrogens is 1. The van der Waals surface area contributed by atoms with Gasteiger partial charge in [0.25, 0.3) is 0 Å². The second-order valence-corrected chi connectivity index (χ2v) is 5.19. The number of fused-ring (bicyclic) bond motifs is 3. The zero-order chi connectivity index (χ0) is 14.8. The second-order valence-electron chi connectivity index (χ2n) is 5.19. The molecule has 1 aromatic heterocycles. The van der Waals surface area contributed by atoms with Gasteiger partial charge < -0.3 is 19.8 Å². The fourth-order valence-corrected chi connectivity index (χ4v) is 2.98. The van der Waals surface area contributed by atoms with E-state index in [1.54, 1.807) is 7.11 Å². The first kappa shape index (κ1) is 13.9. The maximum absolute atomic E-state index is 11.7. The summed E-state index contributed by atoms with van der Waals surface area (Å²) in [5.41, 5.74) is 3.45. The van der Waals surface area contributed by atoms with Crippen molar-refractivity contribution in [3.63, 3.8) is 0 Å². The highest BCUT2D eigenvalue weighted by molar-refractivity contribution is 5.87. The van der Waals surface area contributed by atoms with Gasteiger partial charge in [-0.3, -0.25) is 4.79 Å². The van der Waals surface area contributed by atoms with Crippen LogP contribution in [-0.2, 0) is 16.0 Å². The molecule has 0 saturated carbocycles. The summed E-state index contributed by atoms with van der Waals surface area (Å²) < 4.78 is 10.4. The largest absolute Gasteiger partial charge is 0.497 e. The lowest BCUT2D eigenvalue weighted by Gasteiger charge is -2.23. The lowest BCUT2D eigenvalue weighted by molar-refractivity contribution is -0.143. The maximum atomic E-state index is 11.7.